The van der Waals surface area contributed by atoms with Gasteiger partial charge in [0, 0.05) is 13.1 Å². The maximum Gasteiger partial charge on any atom is 0.0814 e. The Bertz CT molecular complexity index is 176. The highest BCUT2D eigenvalue weighted by atomic mass is 16.5. The van der Waals surface area contributed by atoms with Crippen LogP contribution in [0.4, 0.5) is 0 Å². The van der Waals surface area contributed by atoms with E-state index in [0.717, 1.165) is 38.8 Å². The molecule has 2 aliphatic rings. The Balaban J connectivity index is 1.92. The van der Waals surface area contributed by atoms with Crippen LogP contribution in [0, 0.1) is 0 Å². The SMILES string of the molecule is CN1CCC2(CCC(CO)O2)CC1. The van der Waals surface area contributed by atoms with Gasteiger partial charge in [0.1, 0.15) is 0 Å². The van der Waals surface area contributed by atoms with Crippen molar-refractivity contribution in [2.45, 2.75) is 37.4 Å². The van der Waals surface area contributed by atoms with E-state index in [0.29, 0.717) is 0 Å². The van der Waals surface area contributed by atoms with Crippen LogP contribution in [0.15, 0.2) is 0 Å². The molecule has 2 aliphatic heterocycles. The van der Waals surface area contributed by atoms with Crippen LogP contribution in [-0.2, 0) is 4.74 Å². The summed E-state index contributed by atoms with van der Waals surface area (Å²) in [5.41, 5.74) is 0.125. The average Bonchev–Trinajstić information content (AvgIpc) is 2.55. The summed E-state index contributed by atoms with van der Waals surface area (Å²) in [7, 11) is 2.16. The summed E-state index contributed by atoms with van der Waals surface area (Å²) in [4.78, 5) is 2.35. The van der Waals surface area contributed by atoms with E-state index in [9.17, 15) is 0 Å². The van der Waals surface area contributed by atoms with Crippen molar-refractivity contribution in [1.29, 1.82) is 0 Å². The molecule has 1 spiro atoms. The standard InChI is InChI=1S/C10H19NO2/c1-11-6-4-10(5-7-11)3-2-9(8-12)13-10/h9,12H,2-8H2,1H3. The Hall–Kier alpha value is -0.120. The third-order valence-corrected chi connectivity index (χ3v) is 3.44. The molecular formula is C10H19NO2. The van der Waals surface area contributed by atoms with Gasteiger partial charge in [-0.15, -0.1) is 0 Å². The zero-order valence-electron chi connectivity index (χ0n) is 8.33. The van der Waals surface area contributed by atoms with Crippen molar-refractivity contribution in [2.75, 3.05) is 26.7 Å². The van der Waals surface area contributed by atoms with Gasteiger partial charge in [-0.2, -0.15) is 0 Å². The van der Waals surface area contributed by atoms with Crippen molar-refractivity contribution >= 4 is 0 Å². The molecule has 2 rings (SSSR count). The van der Waals surface area contributed by atoms with E-state index in [2.05, 4.69) is 11.9 Å². The third kappa shape index (κ3) is 1.87. The molecule has 1 atom stereocenters. The van der Waals surface area contributed by atoms with Crippen LogP contribution in [-0.4, -0.2) is 48.5 Å². The van der Waals surface area contributed by atoms with Crippen molar-refractivity contribution < 1.29 is 9.84 Å². The van der Waals surface area contributed by atoms with E-state index in [1.807, 2.05) is 0 Å². The summed E-state index contributed by atoms with van der Waals surface area (Å²) in [6.07, 6.45) is 4.58. The number of aliphatic hydroxyl groups excluding tert-OH is 1. The lowest BCUT2D eigenvalue weighted by atomic mass is 9.89. The number of rotatable bonds is 1. The van der Waals surface area contributed by atoms with E-state index < -0.39 is 0 Å². The van der Waals surface area contributed by atoms with Gasteiger partial charge >= 0.3 is 0 Å². The van der Waals surface area contributed by atoms with Crippen LogP contribution in [0.25, 0.3) is 0 Å². The maximum absolute atomic E-state index is 9.00. The molecule has 2 heterocycles. The molecule has 0 amide bonds. The van der Waals surface area contributed by atoms with Gasteiger partial charge in [0.15, 0.2) is 0 Å². The first-order valence-electron chi connectivity index (χ1n) is 5.21. The number of piperidine rings is 1. The van der Waals surface area contributed by atoms with Crippen molar-refractivity contribution in [1.82, 2.24) is 4.90 Å². The number of aliphatic hydroxyl groups is 1. The lowest BCUT2D eigenvalue weighted by molar-refractivity contribution is -0.0866. The molecular weight excluding hydrogens is 166 g/mol. The molecule has 0 saturated carbocycles. The van der Waals surface area contributed by atoms with Crippen LogP contribution >= 0.6 is 0 Å². The van der Waals surface area contributed by atoms with Gasteiger partial charge in [0.2, 0.25) is 0 Å². The zero-order chi connectivity index (χ0) is 9.31. The minimum Gasteiger partial charge on any atom is -0.394 e. The normalized spacial score (nSPS) is 34.2. The zero-order valence-corrected chi connectivity index (χ0v) is 8.33. The fourth-order valence-electron chi connectivity index (χ4n) is 2.42. The Morgan fingerprint density at radius 2 is 2.08 bits per heavy atom. The monoisotopic (exact) mass is 185 g/mol. The van der Waals surface area contributed by atoms with Gasteiger partial charge < -0.3 is 14.7 Å². The molecule has 0 aromatic carbocycles. The second-order valence-corrected chi connectivity index (χ2v) is 4.45. The highest BCUT2D eigenvalue weighted by Crippen LogP contribution is 2.38. The lowest BCUT2D eigenvalue weighted by Crippen LogP contribution is -2.43. The van der Waals surface area contributed by atoms with Gasteiger partial charge in [0.25, 0.3) is 0 Å². The first kappa shape index (κ1) is 9.44. The van der Waals surface area contributed by atoms with Crippen molar-refractivity contribution in [3.8, 4) is 0 Å². The summed E-state index contributed by atoms with van der Waals surface area (Å²) in [6.45, 7) is 2.47. The molecule has 0 aliphatic carbocycles. The van der Waals surface area contributed by atoms with Crippen molar-refractivity contribution in [3.05, 3.63) is 0 Å². The average molecular weight is 185 g/mol. The number of ether oxygens (including phenoxy) is 1. The van der Waals surface area contributed by atoms with E-state index in [4.69, 9.17) is 9.84 Å². The van der Waals surface area contributed by atoms with Gasteiger partial charge in [-0.3, -0.25) is 0 Å². The Morgan fingerprint density at radius 1 is 1.38 bits per heavy atom. The molecule has 1 N–H and O–H groups in total. The Morgan fingerprint density at radius 3 is 2.62 bits per heavy atom. The van der Waals surface area contributed by atoms with Crippen molar-refractivity contribution in [2.24, 2.45) is 0 Å². The molecule has 0 aromatic heterocycles. The quantitative estimate of drug-likeness (QED) is 0.650. The van der Waals surface area contributed by atoms with Crippen LogP contribution < -0.4 is 0 Å². The molecule has 3 nitrogen and oxygen atoms in total. The first-order chi connectivity index (χ1) is 6.24. The highest BCUT2D eigenvalue weighted by Gasteiger charge is 2.41. The van der Waals surface area contributed by atoms with Gasteiger partial charge in [0.05, 0.1) is 18.3 Å². The second kappa shape index (κ2) is 3.56. The molecule has 0 radical (unpaired) electrons. The summed E-state index contributed by atoms with van der Waals surface area (Å²) in [5.74, 6) is 0. The smallest absolute Gasteiger partial charge is 0.0814 e. The largest absolute Gasteiger partial charge is 0.394 e. The molecule has 0 aromatic rings. The fourth-order valence-corrected chi connectivity index (χ4v) is 2.42. The Labute approximate surface area is 79.7 Å². The van der Waals surface area contributed by atoms with Crippen molar-refractivity contribution in [3.63, 3.8) is 0 Å². The third-order valence-electron chi connectivity index (χ3n) is 3.44. The fraction of sp³-hybridized carbons (Fsp3) is 1.00. The molecule has 2 saturated heterocycles. The summed E-state index contributed by atoms with van der Waals surface area (Å²) in [5, 5.41) is 9.00. The van der Waals surface area contributed by atoms with Crippen LogP contribution in [0.1, 0.15) is 25.7 Å². The molecule has 76 valence electrons. The van der Waals surface area contributed by atoms with E-state index >= 15 is 0 Å². The Kier molecular flexibility index (Phi) is 2.58. The molecule has 0 bridgehead atoms. The minimum atomic E-state index is 0.114. The van der Waals surface area contributed by atoms with Gasteiger partial charge in [-0.1, -0.05) is 0 Å². The van der Waals surface area contributed by atoms with Crippen LogP contribution in [0.2, 0.25) is 0 Å². The van der Waals surface area contributed by atoms with E-state index in [1.54, 1.807) is 0 Å². The number of hydrogen-bond acceptors (Lipinski definition) is 3. The number of hydrogen-bond donors (Lipinski definition) is 1. The van der Waals surface area contributed by atoms with E-state index in [1.165, 1.54) is 0 Å². The predicted molar refractivity (Wildman–Crippen MR) is 50.7 cm³/mol. The summed E-state index contributed by atoms with van der Waals surface area (Å²) in [6, 6.07) is 0. The predicted octanol–water partition coefficient (Wildman–Crippen LogP) is 0.622. The molecule has 13 heavy (non-hydrogen) atoms. The topological polar surface area (TPSA) is 32.7 Å². The number of nitrogens with zero attached hydrogens (tertiary/aromatic N) is 1. The van der Waals surface area contributed by atoms with Crippen LogP contribution in [0.3, 0.4) is 0 Å². The second-order valence-electron chi connectivity index (χ2n) is 4.45. The first-order valence-corrected chi connectivity index (χ1v) is 5.21. The summed E-state index contributed by atoms with van der Waals surface area (Å²) < 4.78 is 5.91. The van der Waals surface area contributed by atoms with Crippen LogP contribution in [0.5, 0.6) is 0 Å². The van der Waals surface area contributed by atoms with Gasteiger partial charge in [-0.05, 0) is 32.7 Å². The number of likely N-dealkylation sites (tertiary alicyclic amines) is 1. The lowest BCUT2D eigenvalue weighted by Gasteiger charge is -2.37. The summed E-state index contributed by atoms with van der Waals surface area (Å²) >= 11 is 0. The maximum atomic E-state index is 9.00. The minimum absolute atomic E-state index is 0.114. The molecule has 3 heteroatoms. The molecule has 2 fully saturated rings. The molecule has 1 unspecified atom stereocenters. The van der Waals surface area contributed by atoms with Gasteiger partial charge in [-0.25, -0.2) is 0 Å². The highest BCUT2D eigenvalue weighted by molar-refractivity contribution is 4.92. The van der Waals surface area contributed by atoms with E-state index in [-0.39, 0.29) is 18.3 Å².